The van der Waals surface area contributed by atoms with Crippen molar-refractivity contribution in [2.75, 3.05) is 31.5 Å². The number of aromatic nitrogens is 2. The molecule has 2 aromatic heterocycles. The molecule has 4 rings (SSSR count). The second-order valence-electron chi connectivity index (χ2n) is 7.71. The van der Waals surface area contributed by atoms with Gasteiger partial charge in [-0.1, -0.05) is 42.4 Å². The Morgan fingerprint density at radius 2 is 1.90 bits per heavy atom. The summed E-state index contributed by atoms with van der Waals surface area (Å²) in [5.41, 5.74) is 0. The average molecular weight is 450 g/mol. The highest BCUT2D eigenvalue weighted by Gasteiger charge is 2.29. The summed E-state index contributed by atoms with van der Waals surface area (Å²) in [6, 6.07) is 3.86. The van der Waals surface area contributed by atoms with E-state index in [4.69, 9.17) is 4.42 Å². The van der Waals surface area contributed by atoms with Gasteiger partial charge < -0.3 is 19.5 Å². The fourth-order valence-electron chi connectivity index (χ4n) is 3.88. The van der Waals surface area contributed by atoms with Gasteiger partial charge in [-0.3, -0.25) is 9.59 Å². The van der Waals surface area contributed by atoms with E-state index in [0.29, 0.717) is 38.0 Å². The number of hydrogen-bond acceptors (Lipinski definition) is 8. The minimum absolute atomic E-state index is 0.0714. The first-order valence-electron chi connectivity index (χ1n) is 10.5. The molecule has 10 heteroatoms. The first-order chi connectivity index (χ1) is 14.6. The van der Waals surface area contributed by atoms with Crippen LogP contribution in [0.5, 0.6) is 0 Å². The molecule has 0 aromatic carbocycles. The number of thioether (sulfide) groups is 1. The smallest absolute Gasteiger partial charge is 0.289 e. The van der Waals surface area contributed by atoms with E-state index >= 15 is 0 Å². The molecule has 2 aliphatic rings. The van der Waals surface area contributed by atoms with E-state index in [9.17, 15) is 9.59 Å². The predicted molar refractivity (Wildman–Crippen MR) is 117 cm³/mol. The summed E-state index contributed by atoms with van der Waals surface area (Å²) in [4.78, 5) is 28.8. The van der Waals surface area contributed by atoms with Gasteiger partial charge in [-0.05, 0) is 31.9 Å². The molecular formula is C20H27N5O3S2. The topological polar surface area (TPSA) is 91.6 Å². The summed E-state index contributed by atoms with van der Waals surface area (Å²) in [5, 5.41) is 12.6. The first-order valence-corrected chi connectivity index (χ1v) is 12.2. The van der Waals surface area contributed by atoms with E-state index in [1.807, 2.05) is 11.8 Å². The number of nitrogens with one attached hydrogen (secondary N) is 1. The van der Waals surface area contributed by atoms with Gasteiger partial charge in [0.15, 0.2) is 10.1 Å². The standard InChI is InChI=1S/C20H27N5O3S2/c1-14(29-20-23-22-19(30-20)21-15-6-3-2-4-7-15)17(26)24-9-11-25(12-10-24)18(27)16-8-5-13-28-16/h5,8,13-15H,2-4,6-7,9-12H2,1H3,(H,21,22)/t14-/m0/s1. The molecule has 2 fully saturated rings. The van der Waals surface area contributed by atoms with Crippen LogP contribution in [-0.2, 0) is 4.79 Å². The molecule has 0 radical (unpaired) electrons. The van der Waals surface area contributed by atoms with Gasteiger partial charge >= 0.3 is 0 Å². The van der Waals surface area contributed by atoms with E-state index in [1.54, 1.807) is 17.0 Å². The van der Waals surface area contributed by atoms with Crippen molar-refractivity contribution < 1.29 is 14.0 Å². The Morgan fingerprint density at radius 3 is 2.60 bits per heavy atom. The fraction of sp³-hybridized carbons (Fsp3) is 0.600. The second kappa shape index (κ2) is 9.82. The summed E-state index contributed by atoms with van der Waals surface area (Å²) >= 11 is 2.97. The molecule has 1 aliphatic heterocycles. The lowest BCUT2D eigenvalue weighted by molar-refractivity contribution is -0.131. The molecule has 0 bridgehead atoms. The monoisotopic (exact) mass is 449 g/mol. The van der Waals surface area contributed by atoms with Crippen molar-refractivity contribution in [3.05, 3.63) is 24.2 Å². The van der Waals surface area contributed by atoms with Crippen LogP contribution in [0.1, 0.15) is 49.6 Å². The average Bonchev–Trinajstić information content (AvgIpc) is 3.46. The van der Waals surface area contributed by atoms with E-state index in [-0.39, 0.29) is 17.1 Å². The van der Waals surface area contributed by atoms with Crippen molar-refractivity contribution in [1.29, 1.82) is 0 Å². The molecule has 30 heavy (non-hydrogen) atoms. The largest absolute Gasteiger partial charge is 0.459 e. The van der Waals surface area contributed by atoms with Gasteiger partial charge in [0.05, 0.1) is 11.5 Å². The Hall–Kier alpha value is -2.07. The minimum Gasteiger partial charge on any atom is -0.459 e. The molecule has 0 spiro atoms. The number of rotatable bonds is 6. The Kier molecular flexibility index (Phi) is 6.93. The molecule has 2 amide bonds. The summed E-state index contributed by atoms with van der Waals surface area (Å²) in [5.74, 6) is 0.288. The van der Waals surface area contributed by atoms with Crippen molar-refractivity contribution in [2.45, 2.75) is 54.7 Å². The van der Waals surface area contributed by atoms with E-state index < -0.39 is 0 Å². The second-order valence-corrected chi connectivity index (χ2v) is 10.3. The number of anilines is 1. The van der Waals surface area contributed by atoms with Gasteiger partial charge in [0.2, 0.25) is 11.0 Å². The molecule has 1 N–H and O–H groups in total. The first kappa shape index (κ1) is 21.2. The van der Waals surface area contributed by atoms with Gasteiger partial charge in [0, 0.05) is 32.2 Å². The summed E-state index contributed by atoms with van der Waals surface area (Å²) in [7, 11) is 0. The zero-order chi connectivity index (χ0) is 20.9. The molecule has 1 saturated heterocycles. The zero-order valence-electron chi connectivity index (χ0n) is 17.1. The third-order valence-electron chi connectivity index (χ3n) is 5.58. The highest BCUT2D eigenvalue weighted by atomic mass is 32.2. The summed E-state index contributed by atoms with van der Waals surface area (Å²) in [6.07, 6.45) is 7.72. The molecule has 3 heterocycles. The number of hydrogen-bond donors (Lipinski definition) is 1. The third-order valence-corrected chi connectivity index (χ3v) is 7.60. The molecule has 2 aromatic rings. The molecule has 1 aliphatic carbocycles. The number of carbonyl (C=O) groups excluding carboxylic acids is 2. The van der Waals surface area contributed by atoms with Crippen LogP contribution in [-0.4, -0.2) is 69.3 Å². The van der Waals surface area contributed by atoms with Crippen LogP contribution in [0.15, 0.2) is 27.2 Å². The lowest BCUT2D eigenvalue weighted by Gasteiger charge is -2.35. The maximum Gasteiger partial charge on any atom is 0.289 e. The number of amides is 2. The Labute approximate surface area is 184 Å². The number of piperazine rings is 1. The molecule has 1 atom stereocenters. The number of carbonyl (C=O) groups is 2. The SMILES string of the molecule is C[C@H](Sc1nnc(NC2CCCCC2)s1)C(=O)N1CCN(C(=O)c2ccco2)CC1. The van der Waals surface area contributed by atoms with Crippen molar-refractivity contribution in [1.82, 2.24) is 20.0 Å². The number of nitrogens with zero attached hydrogens (tertiary/aromatic N) is 4. The molecule has 8 nitrogen and oxygen atoms in total. The molecule has 162 valence electrons. The Balaban J connectivity index is 1.24. The fourth-order valence-corrected chi connectivity index (χ4v) is 5.94. The Morgan fingerprint density at radius 1 is 1.17 bits per heavy atom. The van der Waals surface area contributed by atoms with Gasteiger partial charge in [0.25, 0.3) is 5.91 Å². The lowest BCUT2D eigenvalue weighted by Crippen LogP contribution is -2.52. The summed E-state index contributed by atoms with van der Waals surface area (Å²) < 4.78 is 5.99. The third kappa shape index (κ3) is 5.15. The molecular weight excluding hydrogens is 422 g/mol. The normalized spacial score (nSPS) is 19.0. The van der Waals surface area contributed by atoms with Crippen LogP contribution in [0.3, 0.4) is 0 Å². The maximum atomic E-state index is 12.9. The van der Waals surface area contributed by atoms with Gasteiger partial charge in [-0.25, -0.2) is 0 Å². The number of furan rings is 1. The predicted octanol–water partition coefficient (Wildman–Crippen LogP) is 3.34. The van der Waals surface area contributed by atoms with Crippen molar-refractivity contribution in [3.63, 3.8) is 0 Å². The quantitative estimate of drug-likeness (QED) is 0.676. The lowest BCUT2D eigenvalue weighted by atomic mass is 9.96. The van der Waals surface area contributed by atoms with Crippen molar-refractivity contribution in [3.8, 4) is 0 Å². The highest BCUT2D eigenvalue weighted by Crippen LogP contribution is 2.31. The highest BCUT2D eigenvalue weighted by molar-refractivity contribution is 8.02. The van der Waals surface area contributed by atoms with Crippen LogP contribution < -0.4 is 5.32 Å². The maximum absolute atomic E-state index is 12.9. The van der Waals surface area contributed by atoms with Crippen molar-refractivity contribution >= 4 is 40.0 Å². The van der Waals surface area contributed by atoms with Gasteiger partial charge in [-0.15, -0.1) is 10.2 Å². The van der Waals surface area contributed by atoms with Crippen LogP contribution in [0, 0.1) is 0 Å². The van der Waals surface area contributed by atoms with Crippen LogP contribution in [0.4, 0.5) is 5.13 Å². The van der Waals surface area contributed by atoms with E-state index in [1.165, 1.54) is 61.5 Å². The van der Waals surface area contributed by atoms with E-state index in [0.717, 1.165) is 9.47 Å². The minimum atomic E-state index is -0.243. The molecule has 0 unspecified atom stereocenters. The van der Waals surface area contributed by atoms with Gasteiger partial charge in [-0.2, -0.15) is 0 Å². The Bertz CT molecular complexity index is 843. The molecule has 1 saturated carbocycles. The van der Waals surface area contributed by atoms with Crippen LogP contribution >= 0.6 is 23.1 Å². The van der Waals surface area contributed by atoms with Crippen LogP contribution in [0.25, 0.3) is 0 Å². The summed E-state index contributed by atoms with van der Waals surface area (Å²) in [6.45, 7) is 3.98. The zero-order valence-corrected chi connectivity index (χ0v) is 18.7. The van der Waals surface area contributed by atoms with Gasteiger partial charge in [0.1, 0.15) is 0 Å². The van der Waals surface area contributed by atoms with Crippen LogP contribution in [0.2, 0.25) is 0 Å². The van der Waals surface area contributed by atoms with Crippen molar-refractivity contribution in [2.24, 2.45) is 0 Å². The van der Waals surface area contributed by atoms with E-state index in [2.05, 4.69) is 15.5 Å².